The van der Waals surface area contributed by atoms with E-state index >= 15 is 0 Å². The van der Waals surface area contributed by atoms with Crippen molar-refractivity contribution in [2.45, 2.75) is 31.7 Å². The van der Waals surface area contributed by atoms with Gasteiger partial charge in [-0.2, -0.15) is 0 Å². The first-order valence-electron chi connectivity index (χ1n) is 10.9. The monoisotopic (exact) mass is 433 g/mol. The predicted molar refractivity (Wildman–Crippen MR) is 123 cm³/mol. The molecule has 0 N–H and O–H groups in total. The van der Waals surface area contributed by atoms with Gasteiger partial charge in [0.1, 0.15) is 5.82 Å². The molecule has 1 heterocycles. The highest BCUT2D eigenvalue weighted by molar-refractivity contribution is 5.79. The summed E-state index contributed by atoms with van der Waals surface area (Å²) >= 11 is 0. The Labute approximate surface area is 188 Å². The van der Waals surface area contributed by atoms with Crippen molar-refractivity contribution in [3.05, 3.63) is 94.8 Å². The quantitative estimate of drug-likeness (QED) is 0.514. The highest BCUT2D eigenvalue weighted by atomic mass is 19.1. The van der Waals surface area contributed by atoms with Crippen molar-refractivity contribution in [2.24, 2.45) is 0 Å². The molecule has 4 rings (SSSR count). The number of hydrogen-bond acceptors (Lipinski definition) is 3. The number of carbonyl (C=O) groups is 1. The van der Waals surface area contributed by atoms with Crippen LogP contribution in [0.25, 0.3) is 0 Å². The van der Waals surface area contributed by atoms with Crippen LogP contribution in [0, 0.1) is 5.82 Å². The van der Waals surface area contributed by atoms with Gasteiger partial charge in [-0.15, -0.1) is 0 Å². The first-order chi connectivity index (χ1) is 15.5. The van der Waals surface area contributed by atoms with E-state index in [4.69, 9.17) is 9.47 Å². The Balaban J connectivity index is 1.68. The minimum atomic E-state index is -0.270. The Morgan fingerprint density at radius 1 is 1.03 bits per heavy atom. The third-order valence-electron chi connectivity index (χ3n) is 6.23. The van der Waals surface area contributed by atoms with Gasteiger partial charge >= 0.3 is 0 Å². The Hall–Kier alpha value is -3.34. The first kappa shape index (κ1) is 21.9. The van der Waals surface area contributed by atoms with E-state index in [-0.39, 0.29) is 23.7 Å². The van der Waals surface area contributed by atoms with Crippen molar-refractivity contribution in [1.82, 2.24) is 4.90 Å². The van der Waals surface area contributed by atoms with Crippen LogP contribution >= 0.6 is 0 Å². The number of methoxy groups -OCH3 is 2. The van der Waals surface area contributed by atoms with E-state index in [2.05, 4.69) is 12.1 Å². The Bertz CT molecular complexity index is 1080. The molecule has 1 aliphatic heterocycles. The van der Waals surface area contributed by atoms with Gasteiger partial charge < -0.3 is 14.4 Å². The molecule has 32 heavy (non-hydrogen) atoms. The fourth-order valence-electron chi connectivity index (χ4n) is 4.50. The maximum Gasteiger partial charge on any atom is 0.223 e. The average molecular weight is 434 g/mol. The summed E-state index contributed by atoms with van der Waals surface area (Å²) < 4.78 is 24.4. The number of hydrogen-bond donors (Lipinski definition) is 0. The number of nitrogens with zero attached hydrogens (tertiary/aromatic N) is 1. The molecule has 5 heteroatoms. The van der Waals surface area contributed by atoms with Crippen LogP contribution < -0.4 is 9.47 Å². The summed E-state index contributed by atoms with van der Waals surface area (Å²) in [6, 6.07) is 20.3. The van der Waals surface area contributed by atoms with Gasteiger partial charge in [0.15, 0.2) is 11.5 Å². The highest BCUT2D eigenvalue weighted by Crippen LogP contribution is 2.41. The van der Waals surface area contributed by atoms with Gasteiger partial charge in [-0.1, -0.05) is 49.4 Å². The molecule has 0 aromatic heterocycles. The zero-order valence-corrected chi connectivity index (χ0v) is 18.7. The lowest BCUT2D eigenvalue weighted by Gasteiger charge is -2.38. The van der Waals surface area contributed by atoms with Gasteiger partial charge in [0.05, 0.1) is 20.3 Å². The van der Waals surface area contributed by atoms with Crippen molar-refractivity contribution in [2.75, 3.05) is 20.8 Å². The summed E-state index contributed by atoms with van der Waals surface area (Å²) in [4.78, 5) is 15.5. The molecule has 0 fully saturated rings. The lowest BCUT2D eigenvalue weighted by molar-refractivity contribution is -0.133. The topological polar surface area (TPSA) is 38.8 Å². The lowest BCUT2D eigenvalue weighted by Crippen LogP contribution is -2.41. The van der Waals surface area contributed by atoms with Crippen molar-refractivity contribution in [1.29, 1.82) is 0 Å². The van der Waals surface area contributed by atoms with Gasteiger partial charge in [-0.05, 0) is 58.9 Å². The number of halogens is 1. The molecule has 0 saturated heterocycles. The van der Waals surface area contributed by atoms with Crippen LogP contribution in [0.5, 0.6) is 11.5 Å². The highest BCUT2D eigenvalue weighted by Gasteiger charge is 2.33. The number of benzene rings is 3. The van der Waals surface area contributed by atoms with E-state index in [1.807, 2.05) is 42.2 Å². The normalized spacial score (nSPS) is 16.2. The predicted octanol–water partition coefficient (Wildman–Crippen LogP) is 5.51. The van der Waals surface area contributed by atoms with E-state index in [1.165, 1.54) is 12.1 Å². The molecular formula is C27H28FNO3. The second-order valence-corrected chi connectivity index (χ2v) is 8.21. The molecule has 2 atom stereocenters. The summed E-state index contributed by atoms with van der Waals surface area (Å²) in [6.07, 6.45) is 1.10. The summed E-state index contributed by atoms with van der Waals surface area (Å²) in [5.74, 6) is 1.15. The van der Waals surface area contributed by atoms with Crippen molar-refractivity contribution in [3.8, 4) is 11.5 Å². The average Bonchev–Trinajstić information content (AvgIpc) is 2.83. The SMILES string of the molecule is COc1cc2c(cc1OC)C(c1ccccc1)N(C(=O)CC(C)c1ccc(F)cc1)CC2. The molecule has 0 radical (unpaired) electrons. The molecule has 0 spiro atoms. The molecule has 3 aromatic rings. The molecule has 3 aromatic carbocycles. The molecule has 1 aliphatic rings. The van der Waals surface area contributed by atoms with Crippen LogP contribution in [0.15, 0.2) is 66.7 Å². The standard InChI is InChI=1S/C27H28FNO3/c1-18(19-9-11-22(28)12-10-19)15-26(30)29-14-13-21-16-24(31-2)25(32-3)17-23(21)27(29)20-7-5-4-6-8-20/h4-12,16-18,27H,13-15H2,1-3H3. The van der Waals surface area contributed by atoms with E-state index in [9.17, 15) is 9.18 Å². The van der Waals surface area contributed by atoms with E-state index in [0.29, 0.717) is 24.5 Å². The van der Waals surface area contributed by atoms with Crippen LogP contribution in [-0.2, 0) is 11.2 Å². The number of ether oxygens (including phenoxy) is 2. The number of amides is 1. The Morgan fingerprint density at radius 2 is 1.69 bits per heavy atom. The minimum absolute atomic E-state index is 0.00803. The molecule has 1 amide bonds. The van der Waals surface area contributed by atoms with E-state index in [0.717, 1.165) is 28.7 Å². The number of carbonyl (C=O) groups excluding carboxylic acids is 1. The summed E-state index contributed by atoms with van der Waals surface area (Å²) in [6.45, 7) is 2.63. The smallest absolute Gasteiger partial charge is 0.223 e. The minimum Gasteiger partial charge on any atom is -0.493 e. The zero-order chi connectivity index (χ0) is 22.7. The maximum atomic E-state index is 13.5. The summed E-state index contributed by atoms with van der Waals surface area (Å²) in [5, 5.41) is 0. The Morgan fingerprint density at radius 3 is 2.34 bits per heavy atom. The third-order valence-corrected chi connectivity index (χ3v) is 6.23. The maximum absolute atomic E-state index is 13.5. The molecule has 0 bridgehead atoms. The molecular weight excluding hydrogens is 405 g/mol. The van der Waals surface area contributed by atoms with Gasteiger partial charge in [0.2, 0.25) is 5.91 Å². The van der Waals surface area contributed by atoms with Gasteiger partial charge in [-0.25, -0.2) is 4.39 Å². The van der Waals surface area contributed by atoms with Crippen LogP contribution in [0.3, 0.4) is 0 Å². The van der Waals surface area contributed by atoms with Crippen LogP contribution in [-0.4, -0.2) is 31.6 Å². The van der Waals surface area contributed by atoms with Crippen molar-refractivity contribution < 1.29 is 18.7 Å². The molecule has 166 valence electrons. The van der Waals surface area contributed by atoms with Crippen molar-refractivity contribution in [3.63, 3.8) is 0 Å². The van der Waals surface area contributed by atoms with Gasteiger partial charge in [-0.3, -0.25) is 4.79 Å². The molecule has 0 saturated carbocycles. The van der Waals surface area contributed by atoms with Crippen LogP contribution in [0.2, 0.25) is 0 Å². The number of rotatable bonds is 6. The summed E-state index contributed by atoms with van der Waals surface area (Å²) in [7, 11) is 3.26. The largest absolute Gasteiger partial charge is 0.493 e. The van der Waals surface area contributed by atoms with Gasteiger partial charge in [0.25, 0.3) is 0 Å². The molecule has 0 aliphatic carbocycles. The van der Waals surface area contributed by atoms with Crippen molar-refractivity contribution >= 4 is 5.91 Å². The lowest BCUT2D eigenvalue weighted by atomic mass is 9.86. The third kappa shape index (κ3) is 4.33. The van der Waals surface area contributed by atoms with E-state index in [1.54, 1.807) is 26.4 Å². The fourth-order valence-corrected chi connectivity index (χ4v) is 4.50. The van der Waals surface area contributed by atoms with Gasteiger partial charge in [0, 0.05) is 13.0 Å². The first-order valence-corrected chi connectivity index (χ1v) is 10.9. The molecule has 4 nitrogen and oxygen atoms in total. The summed E-state index contributed by atoms with van der Waals surface area (Å²) in [5.41, 5.74) is 4.23. The second kappa shape index (κ2) is 9.43. The zero-order valence-electron chi connectivity index (χ0n) is 18.7. The Kier molecular flexibility index (Phi) is 6.45. The fraction of sp³-hybridized carbons (Fsp3) is 0.296. The van der Waals surface area contributed by atoms with E-state index < -0.39 is 0 Å². The molecule has 2 unspecified atom stereocenters. The van der Waals surface area contributed by atoms with Crippen LogP contribution in [0.1, 0.15) is 47.6 Å². The number of fused-ring (bicyclic) bond motifs is 1. The second-order valence-electron chi connectivity index (χ2n) is 8.21. The van der Waals surface area contributed by atoms with Crippen LogP contribution in [0.4, 0.5) is 4.39 Å².